The van der Waals surface area contributed by atoms with Crippen molar-refractivity contribution in [3.8, 4) is 0 Å². The summed E-state index contributed by atoms with van der Waals surface area (Å²) in [5.41, 5.74) is 2.56. The van der Waals surface area contributed by atoms with Gasteiger partial charge in [0.2, 0.25) is 5.56 Å². The number of nitrogens with zero attached hydrogens (tertiary/aromatic N) is 5. The van der Waals surface area contributed by atoms with Crippen molar-refractivity contribution < 1.29 is 4.79 Å². The number of aryl methyl sites for hydroxylation is 1. The molecule has 0 saturated heterocycles. The molecule has 0 unspecified atom stereocenters. The summed E-state index contributed by atoms with van der Waals surface area (Å²) in [7, 11) is 1.60. The number of carbonyl (C=O) groups excluding carboxylic acids is 1. The summed E-state index contributed by atoms with van der Waals surface area (Å²) in [6.45, 7) is 0.497. The minimum Gasteiger partial charge on any atom is -0.319 e. The lowest BCUT2D eigenvalue weighted by Gasteiger charge is -2.04. The van der Waals surface area contributed by atoms with Crippen LogP contribution in [-0.2, 0) is 13.6 Å². The molecule has 0 atom stereocenters. The Kier molecular flexibility index (Phi) is 3.85. The van der Waals surface area contributed by atoms with Crippen LogP contribution < -0.4 is 10.9 Å². The summed E-state index contributed by atoms with van der Waals surface area (Å²) in [5.74, 6) is -0.298. The topological polar surface area (TPSA) is 86.2 Å². The molecular weight excluding hydrogens is 332 g/mol. The van der Waals surface area contributed by atoms with Crippen LogP contribution in [0.5, 0.6) is 0 Å². The minimum absolute atomic E-state index is 0.165. The highest BCUT2D eigenvalue weighted by Gasteiger charge is 2.09. The van der Waals surface area contributed by atoms with E-state index in [4.69, 9.17) is 0 Å². The number of hydrogen-bond donors (Lipinski definition) is 1. The molecular formula is C18H16N6O2. The van der Waals surface area contributed by atoms with E-state index in [2.05, 4.69) is 15.4 Å². The first-order valence-corrected chi connectivity index (χ1v) is 8.01. The third-order valence-electron chi connectivity index (χ3n) is 3.98. The zero-order valence-electron chi connectivity index (χ0n) is 14.0. The Balaban J connectivity index is 1.48. The summed E-state index contributed by atoms with van der Waals surface area (Å²) in [6.07, 6.45) is 8.70. The van der Waals surface area contributed by atoms with Gasteiger partial charge in [0.1, 0.15) is 5.65 Å². The number of hydrogen-bond acceptors (Lipinski definition) is 4. The first kappa shape index (κ1) is 15.8. The zero-order valence-corrected chi connectivity index (χ0v) is 14.0. The molecule has 0 radical (unpaired) electrons. The fourth-order valence-corrected chi connectivity index (χ4v) is 2.68. The van der Waals surface area contributed by atoms with Crippen molar-refractivity contribution in [3.05, 3.63) is 82.9 Å². The minimum atomic E-state index is -0.298. The van der Waals surface area contributed by atoms with Gasteiger partial charge in [0.05, 0.1) is 29.7 Å². The van der Waals surface area contributed by atoms with Crippen molar-refractivity contribution in [3.63, 3.8) is 0 Å². The lowest BCUT2D eigenvalue weighted by Crippen LogP contribution is -2.19. The highest BCUT2D eigenvalue weighted by Crippen LogP contribution is 2.10. The number of aromatic nitrogens is 5. The maximum absolute atomic E-state index is 12.3. The van der Waals surface area contributed by atoms with Gasteiger partial charge in [0.15, 0.2) is 0 Å². The highest BCUT2D eigenvalue weighted by molar-refractivity contribution is 6.03. The SMILES string of the molecule is Cn1cc(C(=O)Nc2cnn(Cc3cn4ccccc4n3)c2)ccc1=O. The molecule has 0 aromatic carbocycles. The summed E-state index contributed by atoms with van der Waals surface area (Å²) >= 11 is 0. The van der Waals surface area contributed by atoms with Gasteiger partial charge in [0, 0.05) is 37.9 Å². The Bertz CT molecular complexity index is 1120. The number of imidazole rings is 1. The van der Waals surface area contributed by atoms with Crippen molar-refractivity contribution in [2.75, 3.05) is 5.32 Å². The molecule has 0 bridgehead atoms. The molecule has 0 aliphatic carbocycles. The molecule has 4 aromatic rings. The molecule has 0 saturated carbocycles. The van der Waals surface area contributed by atoms with E-state index >= 15 is 0 Å². The van der Waals surface area contributed by atoms with Gasteiger partial charge in [-0.15, -0.1) is 0 Å². The number of rotatable bonds is 4. The van der Waals surface area contributed by atoms with E-state index in [1.165, 1.54) is 22.9 Å². The van der Waals surface area contributed by atoms with Gasteiger partial charge in [-0.25, -0.2) is 4.98 Å². The van der Waals surface area contributed by atoms with Crippen LogP contribution in [0.2, 0.25) is 0 Å². The maximum atomic E-state index is 12.3. The molecule has 26 heavy (non-hydrogen) atoms. The monoisotopic (exact) mass is 348 g/mol. The summed E-state index contributed by atoms with van der Waals surface area (Å²) in [5, 5.41) is 7.03. The Labute approximate surface area is 148 Å². The van der Waals surface area contributed by atoms with Gasteiger partial charge in [-0.05, 0) is 18.2 Å². The summed E-state index contributed by atoms with van der Waals surface area (Å²) < 4.78 is 5.01. The third kappa shape index (κ3) is 3.12. The standard InChI is InChI=1S/C18H16N6O2/c1-22-9-13(5-6-17(22)25)18(26)21-14-8-19-24(11-14)12-15-10-23-7-3-2-4-16(23)20-15/h2-11H,12H2,1H3,(H,21,26). The zero-order chi connectivity index (χ0) is 18.1. The number of fused-ring (bicyclic) bond motifs is 1. The average molecular weight is 348 g/mol. The summed E-state index contributed by atoms with van der Waals surface area (Å²) in [4.78, 5) is 28.2. The molecule has 8 heteroatoms. The third-order valence-corrected chi connectivity index (χ3v) is 3.98. The second-order valence-corrected chi connectivity index (χ2v) is 5.95. The van der Waals surface area contributed by atoms with Crippen molar-refractivity contribution in [2.45, 2.75) is 6.54 Å². The van der Waals surface area contributed by atoms with Gasteiger partial charge < -0.3 is 14.3 Å². The van der Waals surface area contributed by atoms with E-state index in [0.29, 0.717) is 17.8 Å². The van der Waals surface area contributed by atoms with Crippen LogP contribution in [0.4, 0.5) is 5.69 Å². The van der Waals surface area contributed by atoms with E-state index in [-0.39, 0.29) is 11.5 Å². The van der Waals surface area contributed by atoms with Crippen molar-refractivity contribution in [2.24, 2.45) is 7.05 Å². The maximum Gasteiger partial charge on any atom is 0.257 e. The largest absolute Gasteiger partial charge is 0.319 e. The number of carbonyl (C=O) groups is 1. The molecule has 0 spiro atoms. The van der Waals surface area contributed by atoms with Gasteiger partial charge in [0.25, 0.3) is 5.91 Å². The lowest BCUT2D eigenvalue weighted by atomic mass is 10.2. The molecule has 130 valence electrons. The molecule has 0 aliphatic heterocycles. The van der Waals surface area contributed by atoms with Crippen LogP contribution in [0.15, 0.2) is 66.1 Å². The van der Waals surface area contributed by atoms with E-state index in [9.17, 15) is 9.59 Å². The van der Waals surface area contributed by atoms with Crippen molar-refractivity contribution in [1.82, 2.24) is 23.7 Å². The lowest BCUT2D eigenvalue weighted by molar-refractivity contribution is 0.102. The first-order chi connectivity index (χ1) is 12.6. The van der Waals surface area contributed by atoms with Crippen LogP contribution in [0, 0.1) is 0 Å². The van der Waals surface area contributed by atoms with Gasteiger partial charge >= 0.3 is 0 Å². The van der Waals surface area contributed by atoms with Gasteiger partial charge in [-0.2, -0.15) is 5.10 Å². The van der Waals surface area contributed by atoms with E-state index in [1.807, 2.05) is 35.0 Å². The number of amides is 1. The Morgan fingerprint density at radius 2 is 2.04 bits per heavy atom. The number of nitrogens with one attached hydrogen (secondary N) is 1. The first-order valence-electron chi connectivity index (χ1n) is 8.01. The van der Waals surface area contributed by atoms with Gasteiger partial charge in [-0.1, -0.05) is 6.07 Å². The van der Waals surface area contributed by atoms with Crippen molar-refractivity contribution >= 4 is 17.2 Å². The van der Waals surface area contributed by atoms with Gasteiger partial charge in [-0.3, -0.25) is 14.3 Å². The molecule has 1 amide bonds. The second kappa shape index (κ2) is 6.32. The molecule has 4 heterocycles. The molecule has 8 nitrogen and oxygen atoms in total. The van der Waals surface area contributed by atoms with E-state index in [0.717, 1.165) is 11.3 Å². The fourth-order valence-electron chi connectivity index (χ4n) is 2.68. The second-order valence-electron chi connectivity index (χ2n) is 5.95. The predicted octanol–water partition coefficient (Wildman–Crippen LogP) is 1.53. The molecule has 4 aromatic heterocycles. The van der Waals surface area contributed by atoms with Crippen LogP contribution in [0.3, 0.4) is 0 Å². The molecule has 0 aliphatic rings. The Morgan fingerprint density at radius 1 is 1.15 bits per heavy atom. The van der Waals surface area contributed by atoms with Crippen LogP contribution in [0.1, 0.15) is 16.1 Å². The predicted molar refractivity (Wildman–Crippen MR) is 96.2 cm³/mol. The Hall–Kier alpha value is -3.68. The summed E-state index contributed by atoms with van der Waals surface area (Å²) in [6, 6.07) is 8.68. The molecule has 1 N–H and O–H groups in total. The average Bonchev–Trinajstić information content (AvgIpc) is 3.23. The number of pyridine rings is 2. The van der Waals surface area contributed by atoms with Crippen LogP contribution in [0.25, 0.3) is 5.65 Å². The Morgan fingerprint density at radius 3 is 2.85 bits per heavy atom. The van der Waals surface area contributed by atoms with E-state index < -0.39 is 0 Å². The molecule has 4 rings (SSSR count). The van der Waals surface area contributed by atoms with Crippen molar-refractivity contribution in [1.29, 1.82) is 0 Å². The highest BCUT2D eigenvalue weighted by atomic mass is 16.2. The normalized spacial score (nSPS) is 11.0. The van der Waals surface area contributed by atoms with E-state index in [1.54, 1.807) is 24.1 Å². The molecule has 0 fully saturated rings. The number of anilines is 1. The van der Waals surface area contributed by atoms with Crippen LogP contribution in [-0.4, -0.2) is 29.6 Å². The smallest absolute Gasteiger partial charge is 0.257 e. The van der Waals surface area contributed by atoms with Crippen LogP contribution >= 0.6 is 0 Å². The quantitative estimate of drug-likeness (QED) is 0.606. The fraction of sp³-hybridized carbons (Fsp3) is 0.111.